The van der Waals surface area contributed by atoms with Crippen molar-refractivity contribution in [3.8, 4) is 11.5 Å². The van der Waals surface area contributed by atoms with Crippen LogP contribution in [0.1, 0.15) is 5.56 Å². The van der Waals surface area contributed by atoms with E-state index in [1.807, 2.05) is 48.5 Å². The fourth-order valence-corrected chi connectivity index (χ4v) is 3.01. The average Bonchev–Trinajstić information content (AvgIpc) is 2.66. The average molecular weight is 373 g/mol. The number of anilines is 1. The molecule has 1 fully saturated rings. The van der Waals surface area contributed by atoms with Gasteiger partial charge < -0.3 is 25.0 Å². The lowest BCUT2D eigenvalue weighted by Crippen LogP contribution is -3.14. The van der Waals surface area contributed by atoms with Crippen LogP contribution in [0.4, 0.5) is 5.69 Å². The maximum atomic E-state index is 5.84. The number of aryl methyl sites for hydroxylation is 1. The Bertz CT molecular complexity index is 698. The van der Waals surface area contributed by atoms with E-state index in [1.165, 1.54) is 5.56 Å². The second-order valence-electron chi connectivity index (χ2n) is 6.43. The number of nitrogens with one attached hydrogen (secondary N) is 3. The minimum atomic E-state index is 0.643. The van der Waals surface area contributed by atoms with E-state index in [1.54, 1.807) is 4.90 Å². The normalized spacial score (nSPS) is 14.7. The van der Waals surface area contributed by atoms with Gasteiger partial charge in [0.25, 0.3) is 0 Å². The first kappa shape index (κ1) is 18.6. The lowest BCUT2D eigenvalue weighted by Gasteiger charge is -2.24. The van der Waals surface area contributed by atoms with Crippen molar-refractivity contribution >= 4 is 23.0 Å². The first-order valence-corrected chi connectivity index (χ1v) is 9.40. The Morgan fingerprint density at radius 1 is 1.04 bits per heavy atom. The fourth-order valence-electron chi connectivity index (χ4n) is 2.79. The van der Waals surface area contributed by atoms with E-state index in [-0.39, 0.29) is 0 Å². The molecule has 0 amide bonds. The molecular formula is C20H26N3O2S+. The zero-order chi connectivity index (χ0) is 18.2. The van der Waals surface area contributed by atoms with Crippen LogP contribution >= 0.6 is 12.2 Å². The summed E-state index contributed by atoms with van der Waals surface area (Å²) in [6.07, 6.45) is 0. The third kappa shape index (κ3) is 5.98. The summed E-state index contributed by atoms with van der Waals surface area (Å²) in [5.74, 6) is 1.63. The molecule has 138 valence electrons. The van der Waals surface area contributed by atoms with Gasteiger partial charge in [-0.2, -0.15) is 0 Å². The smallest absolute Gasteiger partial charge is 0.170 e. The Morgan fingerprint density at radius 2 is 1.65 bits per heavy atom. The Hall–Kier alpha value is -2.15. The highest BCUT2D eigenvalue weighted by atomic mass is 32.1. The Kier molecular flexibility index (Phi) is 6.82. The molecule has 0 unspecified atom stereocenters. The first-order chi connectivity index (χ1) is 12.7. The zero-order valence-corrected chi connectivity index (χ0v) is 15.9. The third-order valence-electron chi connectivity index (χ3n) is 4.33. The van der Waals surface area contributed by atoms with Crippen molar-refractivity contribution in [3.05, 3.63) is 54.1 Å². The second kappa shape index (κ2) is 9.52. The van der Waals surface area contributed by atoms with Crippen molar-refractivity contribution in [2.24, 2.45) is 0 Å². The highest BCUT2D eigenvalue weighted by Crippen LogP contribution is 2.23. The summed E-state index contributed by atoms with van der Waals surface area (Å²) in [6.45, 7) is 7.83. The number of ether oxygens (including phenoxy) is 2. The Balaban J connectivity index is 1.41. The van der Waals surface area contributed by atoms with Crippen LogP contribution in [0.3, 0.4) is 0 Å². The summed E-state index contributed by atoms with van der Waals surface area (Å²) in [4.78, 5) is 1.56. The maximum Gasteiger partial charge on any atom is 0.170 e. The predicted molar refractivity (Wildman–Crippen MR) is 108 cm³/mol. The van der Waals surface area contributed by atoms with Gasteiger partial charge in [0.15, 0.2) is 5.11 Å². The standard InChI is InChI=1S/C20H25N3O2S/c1-16-2-6-18(7-3-16)25-19-8-4-17(5-9-19)22-20(26)21-10-11-23-12-14-24-15-13-23/h2-9H,10-15H2,1H3,(H2,21,22,26)/p+1. The molecule has 2 aromatic carbocycles. The number of hydrogen-bond acceptors (Lipinski definition) is 3. The highest BCUT2D eigenvalue weighted by Gasteiger charge is 2.12. The minimum absolute atomic E-state index is 0.643. The van der Waals surface area contributed by atoms with Gasteiger partial charge in [-0.3, -0.25) is 0 Å². The quantitative estimate of drug-likeness (QED) is 0.677. The summed E-state index contributed by atoms with van der Waals surface area (Å²) in [5, 5.41) is 7.12. The first-order valence-electron chi connectivity index (χ1n) is 9.00. The Labute approximate surface area is 160 Å². The molecule has 26 heavy (non-hydrogen) atoms. The van der Waals surface area contributed by atoms with E-state index < -0.39 is 0 Å². The SMILES string of the molecule is Cc1ccc(Oc2ccc(NC(=S)NCC[NH+]3CCOCC3)cc2)cc1. The van der Waals surface area contributed by atoms with E-state index in [0.717, 1.165) is 56.6 Å². The molecule has 1 saturated heterocycles. The molecule has 3 N–H and O–H groups in total. The number of rotatable bonds is 6. The van der Waals surface area contributed by atoms with Crippen molar-refractivity contribution in [3.63, 3.8) is 0 Å². The summed E-state index contributed by atoms with van der Waals surface area (Å²) in [5.41, 5.74) is 2.16. The van der Waals surface area contributed by atoms with Crippen LogP contribution in [-0.2, 0) is 4.74 Å². The molecule has 2 aromatic rings. The van der Waals surface area contributed by atoms with Crippen molar-refractivity contribution in [2.75, 3.05) is 44.7 Å². The van der Waals surface area contributed by atoms with Crippen LogP contribution in [0.25, 0.3) is 0 Å². The van der Waals surface area contributed by atoms with E-state index in [2.05, 4.69) is 17.6 Å². The van der Waals surface area contributed by atoms with Crippen molar-refractivity contribution < 1.29 is 14.4 Å². The molecule has 1 aliphatic rings. The molecule has 0 radical (unpaired) electrons. The van der Waals surface area contributed by atoms with Crippen LogP contribution < -0.4 is 20.3 Å². The maximum absolute atomic E-state index is 5.84. The number of benzene rings is 2. The van der Waals surface area contributed by atoms with Gasteiger partial charge in [0.1, 0.15) is 24.6 Å². The molecule has 0 aliphatic carbocycles. The molecule has 3 rings (SSSR count). The molecule has 0 saturated carbocycles. The van der Waals surface area contributed by atoms with E-state index in [0.29, 0.717) is 5.11 Å². The monoisotopic (exact) mass is 372 g/mol. The largest absolute Gasteiger partial charge is 0.457 e. The van der Waals surface area contributed by atoms with Gasteiger partial charge >= 0.3 is 0 Å². The topological polar surface area (TPSA) is 47.0 Å². The number of hydrogen-bond donors (Lipinski definition) is 3. The summed E-state index contributed by atoms with van der Waals surface area (Å²) < 4.78 is 11.2. The fraction of sp³-hybridized carbons (Fsp3) is 0.350. The van der Waals surface area contributed by atoms with Crippen molar-refractivity contribution in [1.82, 2.24) is 5.32 Å². The predicted octanol–water partition coefficient (Wildman–Crippen LogP) is 1.99. The number of quaternary nitrogens is 1. The Morgan fingerprint density at radius 3 is 2.31 bits per heavy atom. The summed E-state index contributed by atoms with van der Waals surface area (Å²) in [7, 11) is 0. The molecular weight excluding hydrogens is 346 g/mol. The van der Waals surface area contributed by atoms with Gasteiger partial charge in [-0.1, -0.05) is 17.7 Å². The molecule has 5 nitrogen and oxygen atoms in total. The van der Waals surface area contributed by atoms with E-state index >= 15 is 0 Å². The number of morpholine rings is 1. The van der Waals surface area contributed by atoms with Crippen LogP contribution in [0.2, 0.25) is 0 Å². The summed E-state index contributed by atoms with van der Waals surface area (Å²) in [6, 6.07) is 15.8. The third-order valence-corrected chi connectivity index (χ3v) is 4.58. The van der Waals surface area contributed by atoms with Crippen LogP contribution in [0.5, 0.6) is 11.5 Å². The van der Waals surface area contributed by atoms with Gasteiger partial charge in [0.2, 0.25) is 0 Å². The van der Waals surface area contributed by atoms with Gasteiger partial charge in [0.05, 0.1) is 26.3 Å². The zero-order valence-electron chi connectivity index (χ0n) is 15.1. The lowest BCUT2D eigenvalue weighted by molar-refractivity contribution is -0.906. The van der Waals surface area contributed by atoms with Crippen LogP contribution in [-0.4, -0.2) is 44.5 Å². The number of thiocarbonyl (C=S) groups is 1. The second-order valence-corrected chi connectivity index (χ2v) is 6.84. The van der Waals surface area contributed by atoms with Gasteiger partial charge in [-0.25, -0.2) is 0 Å². The lowest BCUT2D eigenvalue weighted by atomic mass is 10.2. The highest BCUT2D eigenvalue weighted by molar-refractivity contribution is 7.80. The molecule has 0 aromatic heterocycles. The molecule has 0 atom stereocenters. The molecule has 0 bridgehead atoms. The molecule has 1 aliphatic heterocycles. The van der Waals surface area contributed by atoms with Crippen molar-refractivity contribution in [2.45, 2.75) is 6.92 Å². The minimum Gasteiger partial charge on any atom is -0.457 e. The van der Waals surface area contributed by atoms with Gasteiger partial charge in [-0.05, 0) is 55.5 Å². The van der Waals surface area contributed by atoms with Gasteiger partial charge in [-0.15, -0.1) is 0 Å². The summed E-state index contributed by atoms with van der Waals surface area (Å²) >= 11 is 5.37. The van der Waals surface area contributed by atoms with Crippen LogP contribution in [0, 0.1) is 6.92 Å². The van der Waals surface area contributed by atoms with Crippen molar-refractivity contribution in [1.29, 1.82) is 0 Å². The molecule has 6 heteroatoms. The molecule has 0 spiro atoms. The molecule has 1 heterocycles. The van der Waals surface area contributed by atoms with Crippen LogP contribution in [0.15, 0.2) is 48.5 Å². The van der Waals surface area contributed by atoms with E-state index in [4.69, 9.17) is 21.7 Å². The van der Waals surface area contributed by atoms with E-state index in [9.17, 15) is 0 Å². The van der Waals surface area contributed by atoms with Gasteiger partial charge in [0, 0.05) is 5.69 Å².